The molecule has 0 fully saturated rings. The highest BCUT2D eigenvalue weighted by atomic mass is 32.2. The molecule has 0 rings (SSSR count). The van der Waals surface area contributed by atoms with Gasteiger partial charge >= 0.3 is 0 Å². The summed E-state index contributed by atoms with van der Waals surface area (Å²) in [6.07, 6.45) is 1.95. The van der Waals surface area contributed by atoms with Crippen molar-refractivity contribution in [2.45, 2.75) is 6.92 Å². The van der Waals surface area contributed by atoms with Crippen molar-refractivity contribution in [2.24, 2.45) is 0 Å². The molecule has 0 heterocycles. The Balaban J connectivity index is 3.28. The minimum Gasteiger partial charge on any atom is -0.299 e. The van der Waals surface area contributed by atoms with Crippen LogP contribution >= 0.6 is 23.5 Å². The number of carbonyl (C=O) groups is 1. The van der Waals surface area contributed by atoms with E-state index in [1.165, 1.54) is 11.8 Å². The Bertz CT molecular complexity index is 120. The average Bonchev–Trinajstić information content (AvgIpc) is 1.83. The molecule has 0 aromatic rings. The molecule has 0 N–H and O–H groups in total. The van der Waals surface area contributed by atoms with Gasteiger partial charge in [0, 0.05) is 4.24 Å². The summed E-state index contributed by atoms with van der Waals surface area (Å²) in [5.74, 6) is 0.759. The summed E-state index contributed by atoms with van der Waals surface area (Å²) in [7, 11) is 0. The topological polar surface area (TPSA) is 17.1 Å². The maximum absolute atomic E-state index is 10.4. The van der Waals surface area contributed by atoms with E-state index in [0.717, 1.165) is 4.24 Å². The van der Waals surface area contributed by atoms with Gasteiger partial charge in [-0.15, -0.1) is 23.5 Å². The number of Topliss-reactive ketones (excluding diaryl/α,β-unsaturated/α-hetero) is 1. The first-order valence-corrected chi connectivity index (χ1v) is 4.73. The molecular formula is C6H10OS2. The third kappa shape index (κ3) is 5.99. The average molecular weight is 162 g/mol. The zero-order chi connectivity index (χ0) is 7.28. The van der Waals surface area contributed by atoms with Gasteiger partial charge in [-0.1, -0.05) is 6.58 Å². The van der Waals surface area contributed by atoms with Crippen molar-refractivity contribution in [3.05, 3.63) is 10.8 Å². The van der Waals surface area contributed by atoms with E-state index in [2.05, 4.69) is 6.58 Å². The molecule has 0 aromatic heterocycles. The van der Waals surface area contributed by atoms with Crippen LogP contribution in [0.25, 0.3) is 0 Å². The van der Waals surface area contributed by atoms with Crippen LogP contribution in [0.1, 0.15) is 6.92 Å². The molecule has 0 aliphatic rings. The Labute approximate surface area is 64.3 Å². The van der Waals surface area contributed by atoms with Crippen molar-refractivity contribution < 1.29 is 4.79 Å². The number of ketones is 1. The molecule has 0 unspecified atom stereocenters. The third-order valence-electron chi connectivity index (χ3n) is 0.664. The lowest BCUT2D eigenvalue weighted by atomic mass is 10.5. The van der Waals surface area contributed by atoms with Crippen LogP contribution in [0.2, 0.25) is 0 Å². The van der Waals surface area contributed by atoms with E-state index in [1.807, 2.05) is 6.26 Å². The van der Waals surface area contributed by atoms with E-state index in [-0.39, 0.29) is 5.78 Å². The van der Waals surface area contributed by atoms with Crippen LogP contribution in [0, 0.1) is 0 Å². The number of thioether (sulfide) groups is 2. The lowest BCUT2D eigenvalue weighted by Crippen LogP contribution is -1.91. The lowest BCUT2D eigenvalue weighted by molar-refractivity contribution is -0.114. The predicted octanol–water partition coefficient (Wildman–Crippen LogP) is 2.14. The summed E-state index contributed by atoms with van der Waals surface area (Å²) in [4.78, 5) is 10.4. The van der Waals surface area contributed by atoms with E-state index < -0.39 is 0 Å². The highest BCUT2D eigenvalue weighted by Crippen LogP contribution is 2.22. The van der Waals surface area contributed by atoms with E-state index >= 15 is 0 Å². The standard InChI is InChI=1S/C6H10OS2/c1-5(7)4-9-6(2)8-3/h2,4H2,1,3H3. The van der Waals surface area contributed by atoms with Gasteiger partial charge in [0.1, 0.15) is 5.78 Å². The summed E-state index contributed by atoms with van der Waals surface area (Å²) in [6, 6.07) is 0. The van der Waals surface area contributed by atoms with Crippen LogP contribution in [0.15, 0.2) is 10.8 Å². The SMILES string of the molecule is C=C(SC)SCC(C)=O. The van der Waals surface area contributed by atoms with Crippen LogP contribution in [0.4, 0.5) is 0 Å². The first-order valence-electron chi connectivity index (χ1n) is 2.52. The minimum absolute atomic E-state index is 0.204. The fraction of sp³-hybridized carbons (Fsp3) is 0.500. The third-order valence-corrected chi connectivity index (χ3v) is 2.85. The summed E-state index contributed by atoms with van der Waals surface area (Å²) >= 11 is 3.09. The summed E-state index contributed by atoms with van der Waals surface area (Å²) in [6.45, 7) is 5.30. The Morgan fingerprint density at radius 1 is 1.67 bits per heavy atom. The fourth-order valence-electron chi connectivity index (χ4n) is 0.241. The Morgan fingerprint density at radius 2 is 2.22 bits per heavy atom. The van der Waals surface area contributed by atoms with Crippen molar-refractivity contribution in [3.63, 3.8) is 0 Å². The van der Waals surface area contributed by atoms with Crippen molar-refractivity contribution in [3.8, 4) is 0 Å². The summed E-state index contributed by atoms with van der Waals surface area (Å²) in [5.41, 5.74) is 0. The van der Waals surface area contributed by atoms with E-state index in [4.69, 9.17) is 0 Å². The van der Waals surface area contributed by atoms with E-state index in [9.17, 15) is 4.79 Å². The van der Waals surface area contributed by atoms with Crippen LogP contribution in [0.3, 0.4) is 0 Å². The van der Waals surface area contributed by atoms with Gasteiger partial charge in [-0.25, -0.2) is 0 Å². The second-order valence-corrected chi connectivity index (χ2v) is 3.80. The van der Waals surface area contributed by atoms with Crippen LogP contribution in [-0.4, -0.2) is 17.8 Å². The molecule has 0 atom stereocenters. The van der Waals surface area contributed by atoms with Crippen LogP contribution in [-0.2, 0) is 4.79 Å². The Hall–Kier alpha value is 0.110. The molecule has 0 aliphatic heterocycles. The minimum atomic E-state index is 0.204. The van der Waals surface area contributed by atoms with Crippen molar-refractivity contribution in [1.82, 2.24) is 0 Å². The molecule has 3 heteroatoms. The Kier molecular flexibility index (Phi) is 5.00. The van der Waals surface area contributed by atoms with Gasteiger partial charge in [0.2, 0.25) is 0 Å². The molecule has 0 saturated carbocycles. The highest BCUT2D eigenvalue weighted by Gasteiger charge is 1.94. The summed E-state index contributed by atoms with van der Waals surface area (Å²) < 4.78 is 1.00. The van der Waals surface area contributed by atoms with Gasteiger partial charge in [0.25, 0.3) is 0 Å². The van der Waals surface area contributed by atoms with E-state index in [0.29, 0.717) is 5.75 Å². The predicted molar refractivity (Wildman–Crippen MR) is 45.8 cm³/mol. The monoisotopic (exact) mass is 162 g/mol. The fourth-order valence-corrected chi connectivity index (χ4v) is 1.25. The lowest BCUT2D eigenvalue weighted by Gasteiger charge is -1.96. The van der Waals surface area contributed by atoms with Gasteiger partial charge in [-0.3, -0.25) is 4.79 Å². The molecule has 0 radical (unpaired) electrons. The number of hydrogen-bond acceptors (Lipinski definition) is 3. The molecule has 0 saturated heterocycles. The molecule has 0 aromatic carbocycles. The maximum Gasteiger partial charge on any atom is 0.140 e. The smallest absolute Gasteiger partial charge is 0.140 e. The molecular weight excluding hydrogens is 152 g/mol. The van der Waals surface area contributed by atoms with Gasteiger partial charge < -0.3 is 0 Å². The van der Waals surface area contributed by atoms with Gasteiger partial charge in [0.05, 0.1) is 5.75 Å². The largest absolute Gasteiger partial charge is 0.299 e. The summed E-state index contributed by atoms with van der Waals surface area (Å²) in [5, 5.41) is 0. The molecule has 1 nitrogen and oxygen atoms in total. The maximum atomic E-state index is 10.4. The first-order chi connectivity index (χ1) is 4.16. The molecule has 0 aliphatic carbocycles. The second-order valence-electron chi connectivity index (χ2n) is 1.57. The van der Waals surface area contributed by atoms with Crippen LogP contribution in [0.5, 0.6) is 0 Å². The normalized spacial score (nSPS) is 9.11. The second kappa shape index (κ2) is 4.94. The van der Waals surface area contributed by atoms with E-state index in [1.54, 1.807) is 18.7 Å². The highest BCUT2D eigenvalue weighted by molar-refractivity contribution is 8.22. The number of rotatable bonds is 4. The van der Waals surface area contributed by atoms with Gasteiger partial charge in [-0.2, -0.15) is 0 Å². The van der Waals surface area contributed by atoms with Gasteiger partial charge in [-0.05, 0) is 13.2 Å². The number of carbonyl (C=O) groups excluding carboxylic acids is 1. The molecule has 52 valence electrons. The zero-order valence-electron chi connectivity index (χ0n) is 5.64. The quantitative estimate of drug-likeness (QED) is 0.630. The Morgan fingerprint density at radius 3 is 2.56 bits per heavy atom. The molecule has 9 heavy (non-hydrogen) atoms. The van der Waals surface area contributed by atoms with Gasteiger partial charge in [0.15, 0.2) is 0 Å². The zero-order valence-corrected chi connectivity index (χ0v) is 7.27. The molecule has 0 bridgehead atoms. The van der Waals surface area contributed by atoms with Crippen molar-refractivity contribution in [1.29, 1.82) is 0 Å². The van der Waals surface area contributed by atoms with Crippen LogP contribution < -0.4 is 0 Å². The first kappa shape index (κ1) is 9.11. The molecule has 0 spiro atoms. The van der Waals surface area contributed by atoms with Crippen molar-refractivity contribution in [2.75, 3.05) is 12.0 Å². The number of hydrogen-bond donors (Lipinski definition) is 0. The van der Waals surface area contributed by atoms with Crippen molar-refractivity contribution >= 4 is 29.3 Å². The molecule has 0 amide bonds.